The van der Waals surface area contributed by atoms with Gasteiger partial charge >= 0.3 is 64.7 Å². The first-order valence-corrected chi connectivity index (χ1v) is 3.39. The van der Waals surface area contributed by atoms with Crippen molar-refractivity contribution in [2.24, 2.45) is 0 Å². The molecular formula is C6H11LiO2. The van der Waals surface area contributed by atoms with E-state index in [2.05, 4.69) is 0 Å². The molecule has 0 aromatic rings. The van der Waals surface area contributed by atoms with Crippen LogP contribution < -0.4 is 0 Å². The van der Waals surface area contributed by atoms with Crippen LogP contribution in [0.2, 0.25) is 4.59 Å². The van der Waals surface area contributed by atoms with Crippen LogP contribution in [0.5, 0.6) is 0 Å². The van der Waals surface area contributed by atoms with E-state index in [0.717, 1.165) is 6.42 Å². The molecule has 1 unspecified atom stereocenters. The van der Waals surface area contributed by atoms with E-state index in [-0.39, 0.29) is 10.6 Å². The number of carbonyl (C=O) groups is 1. The molecule has 0 amide bonds. The summed E-state index contributed by atoms with van der Waals surface area (Å²) in [5.74, 6) is -0.0833. The summed E-state index contributed by atoms with van der Waals surface area (Å²) < 4.78 is 4.82. The summed E-state index contributed by atoms with van der Waals surface area (Å²) in [5, 5.41) is 0. The van der Waals surface area contributed by atoms with Crippen molar-refractivity contribution in [3.8, 4) is 0 Å². The van der Waals surface area contributed by atoms with Crippen molar-refractivity contribution < 1.29 is 9.53 Å². The van der Waals surface area contributed by atoms with E-state index >= 15 is 0 Å². The summed E-state index contributed by atoms with van der Waals surface area (Å²) in [7, 11) is 0. The second-order valence-corrected chi connectivity index (χ2v) is 2.06. The Morgan fingerprint density at radius 1 is 1.67 bits per heavy atom. The Bertz CT molecular complexity index is 93.1. The van der Waals surface area contributed by atoms with Crippen LogP contribution >= 0.6 is 0 Å². The van der Waals surface area contributed by atoms with Gasteiger partial charge in [-0.15, -0.1) is 0 Å². The van der Waals surface area contributed by atoms with E-state index in [1.54, 1.807) is 0 Å². The molecule has 3 heteroatoms. The van der Waals surface area contributed by atoms with Gasteiger partial charge in [-0.25, -0.2) is 0 Å². The van der Waals surface area contributed by atoms with E-state index in [9.17, 15) is 4.79 Å². The summed E-state index contributed by atoms with van der Waals surface area (Å²) in [6.45, 7) is 4.28. The van der Waals surface area contributed by atoms with Crippen molar-refractivity contribution in [3.05, 3.63) is 0 Å². The third-order valence-electron chi connectivity index (χ3n) is 1.30. The predicted octanol–water partition coefficient (Wildman–Crippen LogP) is 0.916. The van der Waals surface area contributed by atoms with Gasteiger partial charge in [0.25, 0.3) is 0 Å². The minimum absolute atomic E-state index is 0.0601. The fourth-order valence-electron chi connectivity index (χ4n) is 0.451. The maximum absolute atomic E-state index is 10.8. The fourth-order valence-corrected chi connectivity index (χ4v) is 0.451. The molecule has 0 aliphatic rings. The number of hydrogen-bond acceptors (Lipinski definition) is 2. The van der Waals surface area contributed by atoms with Gasteiger partial charge in [-0.2, -0.15) is 0 Å². The van der Waals surface area contributed by atoms with E-state index < -0.39 is 0 Å². The van der Waals surface area contributed by atoms with Gasteiger partial charge in [0.05, 0.1) is 0 Å². The number of rotatable bonds is 3. The van der Waals surface area contributed by atoms with E-state index in [4.69, 9.17) is 4.74 Å². The second kappa shape index (κ2) is 4.90. The second-order valence-electron chi connectivity index (χ2n) is 2.06. The molecule has 0 aromatic heterocycles. The molecule has 0 radical (unpaired) electrons. The summed E-state index contributed by atoms with van der Waals surface area (Å²) in [6, 6.07) is 0. The molecule has 0 saturated heterocycles. The van der Waals surface area contributed by atoms with Crippen molar-refractivity contribution in [1.29, 1.82) is 0 Å². The first-order chi connectivity index (χ1) is 4.22. The zero-order chi connectivity index (χ0) is 7.28. The van der Waals surface area contributed by atoms with Crippen LogP contribution in [0.4, 0.5) is 0 Å². The Morgan fingerprint density at radius 3 is 2.56 bits per heavy atom. The number of hydrogen-bond donors (Lipinski definition) is 0. The predicted molar refractivity (Wildman–Crippen MR) is 36.4 cm³/mol. The topological polar surface area (TPSA) is 26.3 Å². The van der Waals surface area contributed by atoms with Crippen LogP contribution in [-0.4, -0.2) is 30.3 Å². The Hall–Kier alpha value is 0.0674. The molecule has 0 aliphatic carbocycles. The molecule has 0 heterocycles. The molecule has 9 heavy (non-hydrogen) atoms. The summed E-state index contributed by atoms with van der Waals surface area (Å²) in [6.07, 6.45) is 0.860. The Balaban J connectivity index is 3.46. The molecule has 0 spiro atoms. The monoisotopic (exact) mass is 122 g/mol. The van der Waals surface area contributed by atoms with E-state index in [1.807, 2.05) is 31.6 Å². The van der Waals surface area contributed by atoms with E-state index in [1.165, 1.54) is 0 Å². The molecule has 0 rings (SSSR count). The third-order valence-corrected chi connectivity index (χ3v) is 1.30. The van der Waals surface area contributed by atoms with Gasteiger partial charge in [0.1, 0.15) is 0 Å². The van der Waals surface area contributed by atoms with Gasteiger partial charge in [-0.3, -0.25) is 0 Å². The van der Waals surface area contributed by atoms with Gasteiger partial charge in [0, 0.05) is 0 Å². The fraction of sp³-hybridized carbons (Fsp3) is 0.833. The molecule has 0 bridgehead atoms. The average molecular weight is 122 g/mol. The Kier molecular flexibility index (Phi) is 4.94. The summed E-state index contributed by atoms with van der Waals surface area (Å²) in [4.78, 5) is 10.8. The number of carbonyl (C=O) groups excluding carboxylic acids is 1. The van der Waals surface area contributed by atoms with Crippen LogP contribution in [-0.2, 0) is 9.53 Å². The van der Waals surface area contributed by atoms with Crippen molar-refractivity contribution in [2.45, 2.75) is 24.9 Å². The quantitative estimate of drug-likeness (QED) is 0.411. The zero-order valence-corrected chi connectivity index (χ0v) is 6.31. The minimum atomic E-state index is -0.0833. The maximum atomic E-state index is 10.8. The van der Waals surface area contributed by atoms with Crippen molar-refractivity contribution >= 4 is 23.7 Å². The third kappa shape index (κ3) is 3.61. The Labute approximate surface area is 65.2 Å². The van der Waals surface area contributed by atoms with Crippen LogP contribution in [0.1, 0.15) is 20.3 Å². The molecule has 0 aliphatic heterocycles. The van der Waals surface area contributed by atoms with Crippen LogP contribution in [0, 0.1) is 0 Å². The Morgan fingerprint density at radius 2 is 2.22 bits per heavy atom. The first kappa shape index (κ1) is 9.07. The van der Waals surface area contributed by atoms with Crippen molar-refractivity contribution in [2.75, 3.05) is 6.61 Å². The van der Waals surface area contributed by atoms with Crippen molar-refractivity contribution in [3.63, 3.8) is 0 Å². The van der Waals surface area contributed by atoms with Gasteiger partial charge in [-0.1, -0.05) is 0 Å². The van der Waals surface area contributed by atoms with Crippen LogP contribution in [0.25, 0.3) is 0 Å². The van der Waals surface area contributed by atoms with Gasteiger partial charge < -0.3 is 0 Å². The van der Waals surface area contributed by atoms with Gasteiger partial charge in [0.15, 0.2) is 0 Å². The number of esters is 1. The SMILES string of the molecule is [Li][CH](CC)C(=O)OCC. The summed E-state index contributed by atoms with van der Waals surface area (Å²) >= 11 is 1.87. The summed E-state index contributed by atoms with van der Waals surface area (Å²) in [5.41, 5.74) is 0. The molecule has 48 valence electrons. The van der Waals surface area contributed by atoms with Gasteiger partial charge in [0.2, 0.25) is 0 Å². The molecule has 0 fully saturated rings. The first-order valence-electron chi connectivity index (χ1n) is 3.39. The average Bonchev–Trinajstić information content (AvgIpc) is 1.87. The van der Waals surface area contributed by atoms with Gasteiger partial charge in [-0.05, 0) is 0 Å². The zero-order valence-electron chi connectivity index (χ0n) is 6.31. The molecule has 0 saturated carbocycles. The number of ether oxygens (including phenoxy) is 1. The molecule has 2 nitrogen and oxygen atoms in total. The molecule has 0 N–H and O–H groups in total. The standard InChI is InChI=1S/C6H11O2.Li/c1-3-5-6(7)8-4-2;/h5H,3-4H2,1-2H3;. The van der Waals surface area contributed by atoms with Crippen LogP contribution in [0.15, 0.2) is 0 Å². The molecule has 1 atom stereocenters. The van der Waals surface area contributed by atoms with Crippen LogP contribution in [0.3, 0.4) is 0 Å². The van der Waals surface area contributed by atoms with Crippen molar-refractivity contribution in [1.82, 2.24) is 0 Å². The van der Waals surface area contributed by atoms with E-state index in [0.29, 0.717) is 6.61 Å². The normalized spacial score (nSPS) is 12.9. The molecule has 0 aromatic carbocycles. The molecular weight excluding hydrogens is 111 g/mol.